The number of amides is 1. The Hall–Kier alpha value is -0.670. The molecule has 1 aliphatic rings. The molecule has 1 rings (SSSR count). The average molecular weight is 299 g/mol. The quantitative estimate of drug-likeness (QED) is 0.730. The van der Waals surface area contributed by atoms with Gasteiger partial charge in [0.25, 0.3) is 5.91 Å². The Morgan fingerprint density at radius 2 is 1.39 bits per heavy atom. The zero-order chi connectivity index (χ0) is 14.2. The van der Waals surface area contributed by atoms with Gasteiger partial charge in [0, 0.05) is 24.6 Å². The molecule has 0 aliphatic carbocycles. The first-order valence-corrected chi connectivity index (χ1v) is 5.87. The molecule has 0 N–H and O–H groups in total. The first-order valence-electron chi connectivity index (χ1n) is 4.71. The molecule has 1 saturated heterocycles. The van der Waals surface area contributed by atoms with Gasteiger partial charge in [0.05, 0.1) is 0 Å². The number of thioether (sulfide) groups is 1. The number of hydrogen-bond donors (Lipinski definition) is 0. The standard InChI is InChI=1S/C8H8F7NOS/c9-6(10,7(11,12)8(13,14)15)5(17)16-1-3-18-4-2-16/h1-4H2. The van der Waals surface area contributed by atoms with Crippen molar-refractivity contribution in [3.05, 3.63) is 0 Å². The maximum atomic E-state index is 13.0. The summed E-state index contributed by atoms with van der Waals surface area (Å²) in [5, 5.41) is 0. The van der Waals surface area contributed by atoms with Crippen LogP contribution in [0.25, 0.3) is 0 Å². The highest BCUT2D eigenvalue weighted by Crippen LogP contribution is 2.47. The molecule has 0 aromatic heterocycles. The molecule has 0 aromatic rings. The summed E-state index contributed by atoms with van der Waals surface area (Å²) < 4.78 is 86.7. The van der Waals surface area contributed by atoms with Crippen LogP contribution in [-0.4, -0.2) is 53.4 Å². The molecule has 0 unspecified atom stereocenters. The van der Waals surface area contributed by atoms with Crippen LogP contribution >= 0.6 is 11.8 Å². The molecule has 1 amide bonds. The second kappa shape index (κ2) is 4.78. The molecule has 1 fully saturated rings. The average Bonchev–Trinajstić information content (AvgIpc) is 2.27. The van der Waals surface area contributed by atoms with Crippen molar-refractivity contribution in [2.75, 3.05) is 24.6 Å². The number of rotatable bonds is 2. The molecular weight excluding hydrogens is 291 g/mol. The summed E-state index contributed by atoms with van der Waals surface area (Å²) in [5.41, 5.74) is 0. The van der Waals surface area contributed by atoms with E-state index in [4.69, 9.17) is 0 Å². The summed E-state index contributed by atoms with van der Waals surface area (Å²) in [6.45, 7) is -0.542. The second-order valence-corrected chi connectivity index (χ2v) is 4.78. The van der Waals surface area contributed by atoms with E-state index in [1.165, 1.54) is 11.8 Å². The molecule has 1 aliphatic heterocycles. The fourth-order valence-electron chi connectivity index (χ4n) is 1.28. The van der Waals surface area contributed by atoms with Crippen molar-refractivity contribution >= 4 is 17.7 Å². The maximum Gasteiger partial charge on any atom is 0.460 e. The van der Waals surface area contributed by atoms with E-state index in [2.05, 4.69) is 0 Å². The fraction of sp³-hybridized carbons (Fsp3) is 0.875. The van der Waals surface area contributed by atoms with Gasteiger partial charge in [-0.25, -0.2) is 0 Å². The third kappa shape index (κ3) is 2.52. The number of carbonyl (C=O) groups excluding carboxylic acids is 1. The molecule has 0 radical (unpaired) electrons. The normalized spacial score (nSPS) is 18.9. The molecule has 106 valence electrons. The van der Waals surface area contributed by atoms with E-state index in [0.717, 1.165) is 0 Å². The Bertz CT molecular complexity index is 324. The van der Waals surface area contributed by atoms with E-state index in [9.17, 15) is 35.5 Å². The molecule has 10 heteroatoms. The van der Waals surface area contributed by atoms with Crippen molar-refractivity contribution < 1.29 is 35.5 Å². The van der Waals surface area contributed by atoms with E-state index < -0.39 is 23.9 Å². The summed E-state index contributed by atoms with van der Waals surface area (Å²) in [5.74, 6) is -14.2. The number of hydrogen-bond acceptors (Lipinski definition) is 2. The Balaban J connectivity index is 2.94. The summed E-state index contributed by atoms with van der Waals surface area (Å²) >= 11 is 1.29. The minimum absolute atomic E-state index is 0.222. The van der Waals surface area contributed by atoms with Crippen LogP contribution in [0.2, 0.25) is 0 Å². The van der Waals surface area contributed by atoms with Gasteiger partial charge in [-0.05, 0) is 0 Å². The summed E-state index contributed by atoms with van der Waals surface area (Å²) in [7, 11) is 0. The summed E-state index contributed by atoms with van der Waals surface area (Å²) in [6.07, 6.45) is -6.48. The van der Waals surface area contributed by atoms with Crippen molar-refractivity contribution in [1.29, 1.82) is 0 Å². The highest BCUT2D eigenvalue weighted by atomic mass is 32.2. The molecule has 0 bridgehead atoms. The van der Waals surface area contributed by atoms with Crippen LogP contribution in [0.1, 0.15) is 0 Å². The lowest BCUT2D eigenvalue weighted by atomic mass is 10.1. The topological polar surface area (TPSA) is 20.3 Å². The number of nitrogens with zero attached hydrogens (tertiary/aromatic N) is 1. The molecule has 0 atom stereocenters. The van der Waals surface area contributed by atoms with Gasteiger partial charge in [-0.2, -0.15) is 42.5 Å². The SMILES string of the molecule is O=C(N1CCSCC1)C(F)(F)C(F)(F)C(F)(F)F. The second-order valence-electron chi connectivity index (χ2n) is 3.55. The third-order valence-electron chi connectivity index (χ3n) is 2.32. The van der Waals surface area contributed by atoms with E-state index in [0.29, 0.717) is 4.90 Å². The summed E-state index contributed by atoms with van der Waals surface area (Å²) in [4.78, 5) is 11.4. The molecule has 18 heavy (non-hydrogen) atoms. The Morgan fingerprint density at radius 3 is 1.78 bits per heavy atom. The molecule has 0 spiro atoms. The van der Waals surface area contributed by atoms with Crippen molar-refractivity contribution in [2.24, 2.45) is 0 Å². The minimum atomic E-state index is -6.48. The Labute approximate surface area is 101 Å². The van der Waals surface area contributed by atoms with Crippen LogP contribution < -0.4 is 0 Å². The van der Waals surface area contributed by atoms with E-state index in [1.807, 2.05) is 0 Å². The van der Waals surface area contributed by atoms with Crippen LogP contribution in [0.15, 0.2) is 0 Å². The van der Waals surface area contributed by atoms with Crippen LogP contribution in [-0.2, 0) is 4.79 Å². The largest absolute Gasteiger partial charge is 0.460 e. The monoisotopic (exact) mass is 299 g/mol. The van der Waals surface area contributed by atoms with Crippen molar-refractivity contribution in [1.82, 2.24) is 4.90 Å². The van der Waals surface area contributed by atoms with Crippen molar-refractivity contribution in [3.8, 4) is 0 Å². The predicted octanol–water partition coefficient (Wildman–Crippen LogP) is 2.39. The van der Waals surface area contributed by atoms with Gasteiger partial charge < -0.3 is 4.90 Å². The van der Waals surface area contributed by atoms with Crippen LogP contribution in [0, 0.1) is 0 Å². The van der Waals surface area contributed by atoms with E-state index in [-0.39, 0.29) is 24.6 Å². The number of carbonyl (C=O) groups is 1. The van der Waals surface area contributed by atoms with Crippen LogP contribution in [0.5, 0.6) is 0 Å². The van der Waals surface area contributed by atoms with Gasteiger partial charge >= 0.3 is 18.0 Å². The zero-order valence-electron chi connectivity index (χ0n) is 8.74. The lowest BCUT2D eigenvalue weighted by Crippen LogP contribution is -2.61. The minimum Gasteiger partial charge on any atom is -0.336 e. The highest BCUT2D eigenvalue weighted by Gasteiger charge is 2.76. The Kier molecular flexibility index (Phi) is 4.09. The van der Waals surface area contributed by atoms with Gasteiger partial charge in [0.15, 0.2) is 0 Å². The molecule has 1 heterocycles. The molecule has 0 saturated carbocycles. The number of alkyl halides is 7. The summed E-state index contributed by atoms with van der Waals surface area (Å²) in [6, 6.07) is 0. The lowest BCUT2D eigenvalue weighted by molar-refractivity contribution is -0.345. The first-order chi connectivity index (χ1) is 8.02. The van der Waals surface area contributed by atoms with Crippen LogP contribution in [0.4, 0.5) is 30.7 Å². The number of halogens is 7. The smallest absolute Gasteiger partial charge is 0.336 e. The van der Waals surface area contributed by atoms with Gasteiger partial charge in [-0.3, -0.25) is 4.79 Å². The lowest BCUT2D eigenvalue weighted by Gasteiger charge is -2.33. The Morgan fingerprint density at radius 1 is 0.944 bits per heavy atom. The van der Waals surface area contributed by atoms with E-state index >= 15 is 0 Å². The highest BCUT2D eigenvalue weighted by molar-refractivity contribution is 7.99. The zero-order valence-corrected chi connectivity index (χ0v) is 9.55. The predicted molar refractivity (Wildman–Crippen MR) is 49.9 cm³/mol. The first kappa shape index (κ1) is 15.4. The molecule has 2 nitrogen and oxygen atoms in total. The molecular formula is C8H8F7NOS. The molecule has 0 aromatic carbocycles. The maximum absolute atomic E-state index is 13.0. The van der Waals surface area contributed by atoms with Gasteiger partial charge in [-0.15, -0.1) is 0 Å². The third-order valence-corrected chi connectivity index (χ3v) is 3.26. The van der Waals surface area contributed by atoms with Gasteiger partial charge in [0.1, 0.15) is 0 Å². The van der Waals surface area contributed by atoms with Crippen LogP contribution in [0.3, 0.4) is 0 Å². The van der Waals surface area contributed by atoms with E-state index in [1.54, 1.807) is 0 Å². The fourth-order valence-corrected chi connectivity index (χ4v) is 2.18. The van der Waals surface area contributed by atoms with Crippen molar-refractivity contribution in [3.63, 3.8) is 0 Å². The van der Waals surface area contributed by atoms with Gasteiger partial charge in [-0.1, -0.05) is 0 Å². The van der Waals surface area contributed by atoms with Gasteiger partial charge in [0.2, 0.25) is 0 Å². The van der Waals surface area contributed by atoms with Crippen molar-refractivity contribution in [2.45, 2.75) is 18.0 Å².